The van der Waals surface area contributed by atoms with Crippen LogP contribution in [0.4, 0.5) is 0 Å². The van der Waals surface area contributed by atoms with E-state index in [0.717, 1.165) is 0 Å². The average Bonchev–Trinajstić information content (AvgIpc) is 3.27. The maximum absolute atomic E-state index is 14.0. The summed E-state index contributed by atoms with van der Waals surface area (Å²) in [7, 11) is 3.15. The number of methoxy groups -OCH3 is 1. The number of aliphatic hydroxyl groups is 1. The normalized spacial score (nSPS) is 14.4. The highest BCUT2D eigenvalue weighted by molar-refractivity contribution is 6.12. The average molecular weight is 573 g/mol. The zero-order chi connectivity index (χ0) is 30.2. The first-order chi connectivity index (χ1) is 20.0. The Balaban J connectivity index is 1.48. The molecule has 5 rings (SSSR count). The summed E-state index contributed by atoms with van der Waals surface area (Å²) in [4.78, 5) is 55.1. The molecular weight excluding hydrogens is 536 g/mol. The Morgan fingerprint density at radius 3 is 2.31 bits per heavy atom. The smallest absolute Gasteiger partial charge is 0.272 e. The molecule has 1 aliphatic heterocycles. The molecule has 2 aromatic carbocycles. The van der Waals surface area contributed by atoms with Crippen molar-refractivity contribution in [1.82, 2.24) is 19.4 Å². The number of ketones is 1. The van der Waals surface area contributed by atoms with Crippen LogP contribution >= 0.6 is 0 Å². The van der Waals surface area contributed by atoms with Crippen molar-refractivity contribution in [1.29, 1.82) is 0 Å². The highest BCUT2D eigenvalue weighted by Crippen LogP contribution is 2.35. The molecule has 2 N–H and O–H groups in total. The van der Waals surface area contributed by atoms with Crippen molar-refractivity contribution in [3.63, 3.8) is 0 Å². The number of amides is 2. The number of aryl methyl sites for hydroxylation is 1. The van der Waals surface area contributed by atoms with E-state index in [2.05, 4.69) is 5.32 Å². The summed E-state index contributed by atoms with van der Waals surface area (Å²) in [5.74, 6) is -0.555. The van der Waals surface area contributed by atoms with Crippen LogP contribution in [0.2, 0.25) is 0 Å². The van der Waals surface area contributed by atoms with Gasteiger partial charge in [-0.25, -0.2) is 0 Å². The van der Waals surface area contributed by atoms with Crippen molar-refractivity contribution >= 4 is 39.4 Å². The van der Waals surface area contributed by atoms with E-state index in [9.17, 15) is 24.3 Å². The Hall–Kier alpha value is -4.44. The van der Waals surface area contributed by atoms with Crippen LogP contribution in [-0.4, -0.2) is 68.6 Å². The molecular formula is C32H36N4O6. The van der Waals surface area contributed by atoms with Gasteiger partial charge in [-0.15, -0.1) is 0 Å². The number of pyridine rings is 1. The number of fused-ring (bicyclic) bond motifs is 3. The molecule has 0 aliphatic carbocycles. The van der Waals surface area contributed by atoms with Gasteiger partial charge in [-0.2, -0.15) is 0 Å². The maximum atomic E-state index is 14.0. The predicted molar refractivity (Wildman–Crippen MR) is 160 cm³/mol. The van der Waals surface area contributed by atoms with Gasteiger partial charge in [0.25, 0.3) is 11.5 Å². The van der Waals surface area contributed by atoms with Gasteiger partial charge in [0.1, 0.15) is 5.39 Å². The van der Waals surface area contributed by atoms with Crippen molar-refractivity contribution in [2.75, 3.05) is 20.2 Å². The summed E-state index contributed by atoms with van der Waals surface area (Å²) in [6, 6.07) is 15.9. The number of piperidine rings is 1. The number of hydrogen-bond donors (Lipinski definition) is 2. The molecule has 220 valence electrons. The Morgan fingerprint density at radius 1 is 1.02 bits per heavy atom. The second kappa shape index (κ2) is 11.4. The highest BCUT2D eigenvalue weighted by Gasteiger charge is 2.31. The van der Waals surface area contributed by atoms with Gasteiger partial charge in [0, 0.05) is 37.1 Å². The molecule has 2 aromatic heterocycles. The summed E-state index contributed by atoms with van der Waals surface area (Å²) >= 11 is 0. The molecule has 1 saturated heterocycles. The molecule has 0 spiro atoms. The standard InChI is InChI=1S/C32H36N4O6/c1-32(2,41)18-25(38)35-16-14-21(15-17-35)33-30(39)28-29(42-4)26-27(34(28)3)22-12-8-9-13-23(22)36(31(26)40)19-24(37)20-10-6-5-7-11-20/h5-13,21,41H,14-19H2,1-4H3,(H,33,39). The largest absolute Gasteiger partial charge is 0.493 e. The molecule has 0 unspecified atom stereocenters. The fourth-order valence-electron chi connectivity index (χ4n) is 5.80. The second-order valence-corrected chi connectivity index (χ2v) is 11.5. The molecule has 10 heteroatoms. The number of carbonyl (C=O) groups is 3. The summed E-state index contributed by atoms with van der Waals surface area (Å²) in [5, 5.41) is 14.0. The molecule has 0 atom stereocenters. The first-order valence-electron chi connectivity index (χ1n) is 14.1. The minimum Gasteiger partial charge on any atom is -0.493 e. The Bertz CT molecular complexity index is 1720. The van der Waals surface area contributed by atoms with Crippen molar-refractivity contribution in [2.45, 2.75) is 51.3 Å². The Morgan fingerprint density at radius 2 is 1.67 bits per heavy atom. The van der Waals surface area contributed by atoms with Crippen molar-refractivity contribution in [2.24, 2.45) is 7.05 Å². The van der Waals surface area contributed by atoms with Crippen molar-refractivity contribution < 1.29 is 24.2 Å². The van der Waals surface area contributed by atoms with E-state index in [1.54, 1.807) is 60.7 Å². The van der Waals surface area contributed by atoms with Crippen LogP contribution in [0.15, 0.2) is 59.4 Å². The monoisotopic (exact) mass is 572 g/mol. The molecule has 42 heavy (non-hydrogen) atoms. The topological polar surface area (TPSA) is 123 Å². The molecule has 0 bridgehead atoms. The highest BCUT2D eigenvalue weighted by atomic mass is 16.5. The van der Waals surface area contributed by atoms with Gasteiger partial charge in [0.15, 0.2) is 17.2 Å². The van der Waals surface area contributed by atoms with Crippen molar-refractivity contribution in [3.05, 3.63) is 76.2 Å². The fourth-order valence-corrected chi connectivity index (χ4v) is 5.80. The van der Waals surface area contributed by atoms with Crippen LogP contribution in [0, 0.1) is 0 Å². The lowest BCUT2D eigenvalue weighted by Gasteiger charge is -2.33. The number of ether oxygens (including phenoxy) is 1. The number of Topliss-reactive ketones (excluding diaryl/α,β-unsaturated/α-hetero) is 1. The minimum absolute atomic E-state index is 0.0413. The van der Waals surface area contributed by atoms with Crippen LogP contribution in [0.1, 0.15) is 54.0 Å². The number of nitrogens with one attached hydrogen (secondary N) is 1. The number of rotatable bonds is 8. The second-order valence-electron chi connectivity index (χ2n) is 11.5. The van der Waals surface area contributed by atoms with E-state index in [-0.39, 0.29) is 53.4 Å². The molecule has 0 radical (unpaired) electrons. The maximum Gasteiger partial charge on any atom is 0.272 e. The number of nitrogens with zero attached hydrogens (tertiary/aromatic N) is 3. The van der Waals surface area contributed by atoms with Crippen LogP contribution in [0.5, 0.6) is 5.75 Å². The molecule has 2 amide bonds. The molecule has 1 fully saturated rings. The first kappa shape index (κ1) is 29.1. The van der Waals surface area contributed by atoms with E-state index >= 15 is 0 Å². The lowest BCUT2D eigenvalue weighted by atomic mass is 10.0. The third kappa shape index (κ3) is 5.54. The number of hydrogen-bond acceptors (Lipinski definition) is 6. The summed E-state index contributed by atoms with van der Waals surface area (Å²) in [6.45, 7) is 3.99. The lowest BCUT2D eigenvalue weighted by Crippen LogP contribution is -2.47. The van der Waals surface area contributed by atoms with E-state index in [1.807, 2.05) is 24.3 Å². The predicted octanol–water partition coefficient (Wildman–Crippen LogP) is 3.27. The molecule has 10 nitrogen and oxygen atoms in total. The van der Waals surface area contributed by atoms with Gasteiger partial charge in [0.05, 0.1) is 36.7 Å². The van der Waals surface area contributed by atoms with E-state index in [0.29, 0.717) is 47.9 Å². The molecule has 3 heterocycles. The van der Waals surface area contributed by atoms with Gasteiger partial charge in [-0.05, 0) is 32.8 Å². The quantitative estimate of drug-likeness (QED) is 0.313. The van der Waals surface area contributed by atoms with E-state index < -0.39 is 11.2 Å². The zero-order valence-electron chi connectivity index (χ0n) is 24.3. The van der Waals surface area contributed by atoms with Crippen molar-refractivity contribution in [3.8, 4) is 5.75 Å². The van der Waals surface area contributed by atoms with E-state index in [4.69, 9.17) is 4.74 Å². The van der Waals surface area contributed by atoms with Gasteiger partial charge < -0.3 is 24.6 Å². The lowest BCUT2D eigenvalue weighted by molar-refractivity contribution is -0.136. The Kier molecular flexibility index (Phi) is 7.92. The SMILES string of the molecule is COc1c(C(=O)NC2CCN(C(=O)CC(C)(C)O)CC2)n(C)c2c1c(=O)n(CC(=O)c1ccccc1)c1ccccc21. The third-order valence-corrected chi connectivity index (χ3v) is 7.84. The zero-order valence-corrected chi connectivity index (χ0v) is 24.3. The number of aromatic nitrogens is 2. The van der Waals surface area contributed by atoms with Crippen LogP contribution < -0.4 is 15.6 Å². The van der Waals surface area contributed by atoms with Gasteiger partial charge in [-0.1, -0.05) is 48.5 Å². The number of benzene rings is 2. The van der Waals surface area contributed by atoms with E-state index in [1.165, 1.54) is 11.7 Å². The summed E-state index contributed by atoms with van der Waals surface area (Å²) in [6.07, 6.45) is 1.17. The van der Waals surface area contributed by atoms with Gasteiger partial charge in [0.2, 0.25) is 5.91 Å². The Labute approximate surface area is 243 Å². The van der Waals surface area contributed by atoms with Crippen LogP contribution in [0.25, 0.3) is 21.8 Å². The summed E-state index contributed by atoms with van der Waals surface area (Å²) in [5.41, 5.74) is 0.345. The molecule has 0 saturated carbocycles. The minimum atomic E-state index is -1.08. The number of para-hydroxylation sites is 1. The number of likely N-dealkylation sites (tertiary alicyclic amines) is 1. The number of carbonyl (C=O) groups excluding carboxylic acids is 3. The first-order valence-corrected chi connectivity index (χ1v) is 14.1. The van der Waals surface area contributed by atoms with Gasteiger partial charge >= 0.3 is 0 Å². The van der Waals surface area contributed by atoms with Gasteiger partial charge in [-0.3, -0.25) is 23.7 Å². The summed E-state index contributed by atoms with van der Waals surface area (Å²) < 4.78 is 8.82. The molecule has 4 aromatic rings. The molecule has 1 aliphatic rings. The van der Waals surface area contributed by atoms with Crippen LogP contribution in [0.3, 0.4) is 0 Å². The van der Waals surface area contributed by atoms with Crippen LogP contribution in [-0.2, 0) is 18.4 Å². The fraction of sp³-hybridized carbons (Fsp3) is 0.375. The third-order valence-electron chi connectivity index (χ3n) is 7.84.